The molecule has 0 rings (SSSR count). The van der Waals surface area contributed by atoms with Crippen molar-refractivity contribution in [2.45, 2.75) is 17.9 Å². The number of alkyl halides is 7. The Balaban J connectivity index is 4.94. The summed E-state index contributed by atoms with van der Waals surface area (Å²) in [6.45, 7) is -4.72. The highest BCUT2D eigenvalue weighted by Crippen LogP contribution is 2.37. The second-order valence-electron chi connectivity index (χ2n) is 2.51. The van der Waals surface area contributed by atoms with E-state index in [0.717, 1.165) is 0 Å². The van der Waals surface area contributed by atoms with Gasteiger partial charge in [0.25, 0.3) is 5.85 Å². The van der Waals surface area contributed by atoms with Crippen molar-refractivity contribution < 1.29 is 40.3 Å². The molecular weight excluding hydrogens is 237 g/mol. The van der Waals surface area contributed by atoms with E-state index in [1.165, 1.54) is 0 Å². The van der Waals surface area contributed by atoms with Gasteiger partial charge >= 0.3 is 12.0 Å². The Labute approximate surface area is 79.0 Å². The molecule has 0 N–H and O–H groups in total. The van der Waals surface area contributed by atoms with Crippen molar-refractivity contribution >= 4 is 6.29 Å². The first-order chi connectivity index (χ1) is 6.64. The van der Waals surface area contributed by atoms with Gasteiger partial charge < -0.3 is 0 Å². The minimum Gasteiger partial charge on any atom is -0.297 e. The molecule has 0 aliphatic carbocycles. The Kier molecular flexibility index (Phi) is 4.08. The molecule has 0 fully saturated rings. The van der Waals surface area contributed by atoms with E-state index in [2.05, 4.69) is 4.74 Å². The number of aldehydes is 1. The van der Waals surface area contributed by atoms with Crippen LogP contribution in [-0.2, 0) is 9.53 Å². The number of hydrogen-bond acceptors (Lipinski definition) is 2. The first-order valence-electron chi connectivity index (χ1n) is 3.37. The lowest BCUT2D eigenvalue weighted by Gasteiger charge is -2.28. The topological polar surface area (TPSA) is 26.3 Å². The molecule has 0 aliphatic rings. The van der Waals surface area contributed by atoms with Crippen LogP contribution in [0.15, 0.2) is 0 Å². The summed E-state index contributed by atoms with van der Waals surface area (Å²) in [6, 6.07) is 0. The van der Waals surface area contributed by atoms with Crippen LogP contribution in [0.4, 0.5) is 30.7 Å². The number of carbonyl (C=O) groups is 1. The number of halogens is 7. The van der Waals surface area contributed by atoms with Gasteiger partial charge in [-0.3, -0.25) is 9.53 Å². The quantitative estimate of drug-likeness (QED) is 0.544. The van der Waals surface area contributed by atoms with Crippen molar-refractivity contribution in [3.8, 4) is 0 Å². The predicted octanol–water partition coefficient (Wildman–Crippen LogP) is 2.03. The fraction of sp³-hybridized carbons (Fsp3) is 0.833. The van der Waals surface area contributed by atoms with Crippen LogP contribution in [0.2, 0.25) is 0 Å². The van der Waals surface area contributed by atoms with Gasteiger partial charge in [0.05, 0.1) is 0 Å². The molecule has 9 heteroatoms. The second kappa shape index (κ2) is 4.33. The molecule has 0 saturated carbocycles. The largest absolute Gasteiger partial charge is 0.456 e. The molecule has 0 heterocycles. The summed E-state index contributed by atoms with van der Waals surface area (Å²) >= 11 is 0. The minimum atomic E-state index is -5.92. The number of rotatable bonds is 5. The Morgan fingerprint density at radius 2 is 1.40 bits per heavy atom. The third-order valence-corrected chi connectivity index (χ3v) is 1.27. The monoisotopic (exact) mass is 242 g/mol. The van der Waals surface area contributed by atoms with Crippen LogP contribution in [0.25, 0.3) is 0 Å². The second-order valence-corrected chi connectivity index (χ2v) is 2.51. The zero-order valence-electron chi connectivity index (χ0n) is 6.95. The fourth-order valence-corrected chi connectivity index (χ4v) is 0.505. The van der Waals surface area contributed by atoms with Gasteiger partial charge in [-0.1, -0.05) is 0 Å². The maximum Gasteiger partial charge on any atom is 0.456 e. The average Bonchev–Trinajstić information content (AvgIpc) is 2.15. The zero-order valence-corrected chi connectivity index (χ0v) is 6.95. The van der Waals surface area contributed by atoms with Gasteiger partial charge in [0.2, 0.25) is 0 Å². The normalized spacial score (nSPS) is 17.3. The number of carbonyl (C=O) groups excluding carboxylic acids is 1. The van der Waals surface area contributed by atoms with Crippen LogP contribution < -0.4 is 0 Å². The van der Waals surface area contributed by atoms with Crippen LogP contribution in [0, 0.1) is 0 Å². The Morgan fingerprint density at radius 3 is 1.60 bits per heavy atom. The molecule has 0 aliphatic heterocycles. The molecule has 0 aromatic carbocycles. The van der Waals surface area contributed by atoms with Gasteiger partial charge in [-0.2, -0.15) is 17.6 Å². The van der Waals surface area contributed by atoms with Crippen LogP contribution in [0.3, 0.4) is 0 Å². The molecule has 0 aromatic rings. The lowest BCUT2D eigenvalue weighted by atomic mass is 10.3. The third-order valence-electron chi connectivity index (χ3n) is 1.27. The van der Waals surface area contributed by atoms with Crippen LogP contribution in [-0.4, -0.2) is 37.5 Å². The van der Waals surface area contributed by atoms with Gasteiger partial charge in [-0.25, -0.2) is 13.2 Å². The Hall–Kier alpha value is -0.860. The van der Waals surface area contributed by atoms with Crippen molar-refractivity contribution in [3.63, 3.8) is 0 Å². The van der Waals surface area contributed by atoms with Crippen molar-refractivity contribution in [3.05, 3.63) is 0 Å². The van der Waals surface area contributed by atoms with Crippen molar-refractivity contribution in [2.24, 2.45) is 0 Å². The van der Waals surface area contributed by atoms with E-state index in [4.69, 9.17) is 0 Å². The lowest BCUT2D eigenvalue weighted by Crippen LogP contribution is -2.52. The van der Waals surface area contributed by atoms with E-state index in [9.17, 15) is 35.5 Å². The highest BCUT2D eigenvalue weighted by atomic mass is 19.4. The zero-order chi connectivity index (χ0) is 12.3. The summed E-state index contributed by atoms with van der Waals surface area (Å²) in [5, 5.41) is 0. The predicted molar refractivity (Wildman–Crippen MR) is 32.8 cm³/mol. The summed E-state index contributed by atoms with van der Waals surface area (Å²) in [4.78, 5) is 9.75. The molecule has 2 nitrogen and oxygen atoms in total. The maximum atomic E-state index is 12.6. The van der Waals surface area contributed by atoms with Crippen molar-refractivity contribution in [2.75, 3.05) is 13.3 Å². The molecule has 0 radical (unpaired) electrons. The molecule has 0 aromatic heterocycles. The highest BCUT2D eigenvalue weighted by Gasteiger charge is 2.62. The maximum absolute atomic E-state index is 12.6. The van der Waals surface area contributed by atoms with Gasteiger partial charge in [-0.15, -0.1) is 0 Å². The highest BCUT2D eigenvalue weighted by molar-refractivity contribution is 5.61. The third kappa shape index (κ3) is 3.05. The first-order valence-corrected chi connectivity index (χ1v) is 3.37. The SMILES string of the molecule is O=CC(F)(OC(F)(CF)CF)C(F)(F)F. The number of ether oxygens (including phenoxy) is 1. The van der Waals surface area contributed by atoms with Gasteiger partial charge in [0.15, 0.2) is 19.6 Å². The molecule has 1 unspecified atom stereocenters. The molecular formula is C6H5F7O2. The van der Waals surface area contributed by atoms with Crippen LogP contribution in [0.1, 0.15) is 0 Å². The summed E-state index contributed by atoms with van der Waals surface area (Å²) in [7, 11) is 0. The van der Waals surface area contributed by atoms with Gasteiger partial charge in [0.1, 0.15) is 0 Å². The fourth-order valence-electron chi connectivity index (χ4n) is 0.505. The van der Waals surface area contributed by atoms with E-state index >= 15 is 0 Å². The molecule has 1 atom stereocenters. The minimum absolute atomic E-state index is 1.42. The Morgan fingerprint density at radius 1 is 1.00 bits per heavy atom. The summed E-state index contributed by atoms with van der Waals surface area (Å²) in [6.07, 6.45) is -7.34. The van der Waals surface area contributed by atoms with E-state index in [-0.39, 0.29) is 0 Å². The average molecular weight is 242 g/mol. The lowest BCUT2D eigenvalue weighted by molar-refractivity contribution is -0.362. The first kappa shape index (κ1) is 14.1. The number of hydrogen-bond donors (Lipinski definition) is 0. The van der Waals surface area contributed by atoms with Gasteiger partial charge in [0, 0.05) is 0 Å². The molecule has 0 spiro atoms. The van der Waals surface area contributed by atoms with Crippen LogP contribution in [0.5, 0.6) is 0 Å². The van der Waals surface area contributed by atoms with Crippen molar-refractivity contribution in [1.82, 2.24) is 0 Å². The summed E-state index contributed by atoms with van der Waals surface area (Å²) in [5.74, 6) is -9.20. The molecule has 0 bridgehead atoms. The molecule has 0 amide bonds. The van der Waals surface area contributed by atoms with E-state index in [0.29, 0.717) is 0 Å². The van der Waals surface area contributed by atoms with Crippen molar-refractivity contribution in [1.29, 1.82) is 0 Å². The van der Waals surface area contributed by atoms with Crippen LogP contribution >= 0.6 is 0 Å². The molecule has 90 valence electrons. The molecule has 0 saturated heterocycles. The standard InChI is InChI=1S/C6H5F7O2/c7-1-4(9,2-8)15-5(10,3-14)6(11,12)13/h3H,1-2H2. The Bertz CT molecular complexity index is 224. The smallest absolute Gasteiger partial charge is 0.297 e. The molecule has 15 heavy (non-hydrogen) atoms. The summed E-state index contributed by atoms with van der Waals surface area (Å²) < 4.78 is 86.8. The van der Waals surface area contributed by atoms with Gasteiger partial charge in [-0.05, 0) is 0 Å². The van der Waals surface area contributed by atoms with E-state index in [1.54, 1.807) is 0 Å². The summed E-state index contributed by atoms with van der Waals surface area (Å²) in [5.41, 5.74) is 0. The van der Waals surface area contributed by atoms with E-state index in [1.807, 2.05) is 0 Å². The van der Waals surface area contributed by atoms with E-state index < -0.39 is 37.5 Å².